The minimum absolute atomic E-state index is 0.00550. The maximum Gasteiger partial charge on any atom is 0.229 e. The molecule has 2 N–H and O–H groups in total. The molecule has 1 saturated carbocycles. The molecule has 0 aromatic carbocycles. The molecule has 2 amide bonds. The lowest BCUT2D eigenvalue weighted by atomic mass is 9.67. The first-order valence-corrected chi connectivity index (χ1v) is 7.67. The van der Waals surface area contributed by atoms with Crippen LogP contribution in [0.5, 0.6) is 0 Å². The van der Waals surface area contributed by atoms with Crippen molar-refractivity contribution in [2.24, 2.45) is 11.1 Å². The molecule has 1 heterocycles. The number of nitrogens with zero attached hydrogens (tertiary/aromatic N) is 1. The van der Waals surface area contributed by atoms with Gasteiger partial charge in [-0.1, -0.05) is 26.2 Å². The zero-order chi connectivity index (χ0) is 13.9. The molecule has 0 aromatic heterocycles. The van der Waals surface area contributed by atoms with Crippen LogP contribution in [0.2, 0.25) is 0 Å². The lowest BCUT2D eigenvalue weighted by Gasteiger charge is -2.44. The molecule has 2 fully saturated rings. The predicted molar refractivity (Wildman–Crippen MR) is 74.4 cm³/mol. The smallest absolute Gasteiger partial charge is 0.229 e. The zero-order valence-electron chi connectivity index (χ0n) is 12.0. The van der Waals surface area contributed by atoms with Crippen molar-refractivity contribution >= 4 is 11.8 Å². The quantitative estimate of drug-likeness (QED) is 0.793. The molecule has 2 rings (SSSR count). The van der Waals surface area contributed by atoms with E-state index in [-0.39, 0.29) is 23.3 Å². The third-order valence-corrected chi connectivity index (χ3v) is 4.84. The van der Waals surface area contributed by atoms with Gasteiger partial charge in [0.05, 0.1) is 0 Å². The molecule has 4 heteroatoms. The van der Waals surface area contributed by atoms with Gasteiger partial charge in [-0.15, -0.1) is 0 Å². The highest BCUT2D eigenvalue weighted by molar-refractivity contribution is 5.99. The number of rotatable bonds is 4. The van der Waals surface area contributed by atoms with Crippen molar-refractivity contribution in [2.75, 3.05) is 6.54 Å². The van der Waals surface area contributed by atoms with Gasteiger partial charge in [-0.3, -0.25) is 14.5 Å². The van der Waals surface area contributed by atoms with Gasteiger partial charge in [0.15, 0.2) is 0 Å². The van der Waals surface area contributed by atoms with Crippen molar-refractivity contribution in [3.05, 3.63) is 0 Å². The molecular formula is C15H26N2O2. The largest absolute Gasteiger partial charge is 0.330 e. The lowest BCUT2D eigenvalue weighted by molar-refractivity contribution is -0.157. The number of hydrogen-bond acceptors (Lipinski definition) is 3. The Balaban J connectivity index is 2.10. The van der Waals surface area contributed by atoms with Crippen LogP contribution in [0.15, 0.2) is 0 Å². The second kappa shape index (κ2) is 6.04. The van der Waals surface area contributed by atoms with Crippen molar-refractivity contribution in [3.63, 3.8) is 0 Å². The van der Waals surface area contributed by atoms with E-state index in [0.717, 1.165) is 25.7 Å². The Bertz CT molecular complexity index is 328. The molecule has 1 saturated heterocycles. The number of carbonyl (C=O) groups excluding carboxylic acids is 2. The van der Waals surface area contributed by atoms with Gasteiger partial charge in [-0.2, -0.15) is 0 Å². The topological polar surface area (TPSA) is 63.4 Å². The monoisotopic (exact) mass is 266 g/mol. The van der Waals surface area contributed by atoms with Crippen molar-refractivity contribution in [3.8, 4) is 0 Å². The van der Waals surface area contributed by atoms with Crippen LogP contribution < -0.4 is 5.73 Å². The van der Waals surface area contributed by atoms with Crippen LogP contribution >= 0.6 is 0 Å². The van der Waals surface area contributed by atoms with Gasteiger partial charge in [-0.25, -0.2) is 0 Å². The average Bonchev–Trinajstić information content (AvgIpc) is 2.37. The van der Waals surface area contributed by atoms with Crippen molar-refractivity contribution < 1.29 is 9.59 Å². The molecule has 108 valence electrons. The first-order chi connectivity index (χ1) is 9.12. The molecule has 1 aliphatic heterocycles. The molecule has 0 bridgehead atoms. The van der Waals surface area contributed by atoms with E-state index in [9.17, 15) is 9.59 Å². The number of carbonyl (C=O) groups is 2. The minimum Gasteiger partial charge on any atom is -0.330 e. The van der Waals surface area contributed by atoms with Crippen molar-refractivity contribution in [1.29, 1.82) is 0 Å². The van der Waals surface area contributed by atoms with E-state index >= 15 is 0 Å². The molecule has 19 heavy (non-hydrogen) atoms. The summed E-state index contributed by atoms with van der Waals surface area (Å²) in [5.41, 5.74) is 5.58. The summed E-state index contributed by atoms with van der Waals surface area (Å²) in [6.07, 6.45) is 8.35. The van der Waals surface area contributed by atoms with Crippen LogP contribution in [0.1, 0.15) is 64.7 Å². The highest BCUT2D eigenvalue weighted by Crippen LogP contribution is 2.45. The number of piperidine rings is 1. The maximum atomic E-state index is 12.4. The summed E-state index contributed by atoms with van der Waals surface area (Å²) in [6, 6.07) is 0.00550. The van der Waals surface area contributed by atoms with E-state index in [0.29, 0.717) is 19.4 Å². The molecule has 0 aromatic rings. The Morgan fingerprint density at radius 2 is 1.74 bits per heavy atom. The normalized spacial score (nSPS) is 24.8. The Kier molecular flexibility index (Phi) is 4.61. The van der Waals surface area contributed by atoms with Crippen LogP contribution in [0.3, 0.4) is 0 Å². The van der Waals surface area contributed by atoms with Gasteiger partial charge in [-0.05, 0) is 37.6 Å². The van der Waals surface area contributed by atoms with Crippen LogP contribution in [0.25, 0.3) is 0 Å². The van der Waals surface area contributed by atoms with Gasteiger partial charge < -0.3 is 5.73 Å². The van der Waals surface area contributed by atoms with E-state index in [2.05, 4.69) is 0 Å². The van der Waals surface area contributed by atoms with Crippen LogP contribution in [-0.4, -0.2) is 29.3 Å². The summed E-state index contributed by atoms with van der Waals surface area (Å²) in [5.74, 6) is 0.0805. The molecule has 1 atom stereocenters. The van der Waals surface area contributed by atoms with E-state index in [1.807, 2.05) is 6.92 Å². The van der Waals surface area contributed by atoms with Gasteiger partial charge in [0, 0.05) is 18.9 Å². The Labute approximate surface area is 115 Å². The standard InChI is InChI=1S/C15H26N2O2/c1-2-12(6-9-16)17-13(18)10-15(11-14(17)19)7-4-3-5-8-15/h12H,2-11,16H2,1H3. The van der Waals surface area contributed by atoms with Gasteiger partial charge in [0.1, 0.15) is 0 Å². The molecular weight excluding hydrogens is 240 g/mol. The number of imide groups is 1. The fraction of sp³-hybridized carbons (Fsp3) is 0.867. The molecule has 1 spiro atoms. The summed E-state index contributed by atoms with van der Waals surface area (Å²) >= 11 is 0. The lowest BCUT2D eigenvalue weighted by Crippen LogP contribution is -2.53. The van der Waals surface area contributed by atoms with E-state index in [1.165, 1.54) is 24.2 Å². The molecule has 2 aliphatic rings. The Morgan fingerprint density at radius 3 is 2.21 bits per heavy atom. The first-order valence-electron chi connectivity index (χ1n) is 7.67. The van der Waals surface area contributed by atoms with Crippen LogP contribution in [0.4, 0.5) is 0 Å². The van der Waals surface area contributed by atoms with Crippen LogP contribution in [0, 0.1) is 5.41 Å². The van der Waals surface area contributed by atoms with Gasteiger partial charge in [0.25, 0.3) is 0 Å². The Morgan fingerprint density at radius 1 is 1.16 bits per heavy atom. The fourth-order valence-corrected chi connectivity index (χ4v) is 3.78. The second-order valence-electron chi connectivity index (χ2n) is 6.21. The summed E-state index contributed by atoms with van der Waals surface area (Å²) in [6.45, 7) is 2.55. The van der Waals surface area contributed by atoms with Gasteiger partial charge in [0.2, 0.25) is 11.8 Å². The molecule has 1 unspecified atom stereocenters. The van der Waals surface area contributed by atoms with E-state index < -0.39 is 0 Å². The second-order valence-corrected chi connectivity index (χ2v) is 6.21. The van der Waals surface area contributed by atoms with E-state index in [4.69, 9.17) is 5.73 Å². The van der Waals surface area contributed by atoms with Crippen molar-refractivity contribution in [2.45, 2.75) is 70.8 Å². The molecule has 1 aliphatic carbocycles. The fourth-order valence-electron chi connectivity index (χ4n) is 3.78. The first kappa shape index (κ1) is 14.5. The van der Waals surface area contributed by atoms with Crippen molar-refractivity contribution in [1.82, 2.24) is 4.90 Å². The number of hydrogen-bond donors (Lipinski definition) is 1. The van der Waals surface area contributed by atoms with Crippen LogP contribution in [-0.2, 0) is 9.59 Å². The maximum absolute atomic E-state index is 12.4. The SMILES string of the molecule is CCC(CCN)N1C(=O)CC2(CCCCC2)CC1=O. The third kappa shape index (κ3) is 2.99. The summed E-state index contributed by atoms with van der Waals surface area (Å²) < 4.78 is 0. The highest BCUT2D eigenvalue weighted by atomic mass is 16.2. The number of nitrogens with two attached hydrogens (primary N) is 1. The van der Waals surface area contributed by atoms with Gasteiger partial charge >= 0.3 is 0 Å². The average molecular weight is 266 g/mol. The minimum atomic E-state index is -0.01000. The molecule has 4 nitrogen and oxygen atoms in total. The third-order valence-electron chi connectivity index (χ3n) is 4.84. The highest BCUT2D eigenvalue weighted by Gasteiger charge is 2.45. The molecule has 0 radical (unpaired) electrons. The number of likely N-dealkylation sites (tertiary alicyclic amines) is 1. The zero-order valence-corrected chi connectivity index (χ0v) is 12.0. The Hall–Kier alpha value is -0.900. The summed E-state index contributed by atoms with van der Waals surface area (Å²) in [7, 11) is 0. The number of amides is 2. The predicted octanol–water partition coefficient (Wildman–Crippen LogP) is 2.21. The summed E-state index contributed by atoms with van der Waals surface area (Å²) in [4.78, 5) is 26.4. The van der Waals surface area contributed by atoms with E-state index in [1.54, 1.807) is 0 Å². The summed E-state index contributed by atoms with van der Waals surface area (Å²) in [5, 5.41) is 0.